The van der Waals surface area contributed by atoms with Crippen LogP contribution in [0.3, 0.4) is 0 Å². The first-order valence-electron chi connectivity index (χ1n) is 8.45. The monoisotopic (exact) mass is 470 g/mol. The Morgan fingerprint density at radius 2 is 2.27 bits per heavy atom. The minimum absolute atomic E-state index is 0.210. The van der Waals surface area contributed by atoms with Gasteiger partial charge in [0.1, 0.15) is 17.9 Å². The molecular weight excluding hydrogens is 456 g/mol. The summed E-state index contributed by atoms with van der Waals surface area (Å²) in [6.45, 7) is 1.58. The number of β-lactam (4-membered cyclic amide) rings is 1. The Balaban J connectivity index is 1.50. The number of amides is 2. The molecule has 0 spiro atoms. The first-order chi connectivity index (χ1) is 14.3. The van der Waals surface area contributed by atoms with Crippen molar-refractivity contribution < 1.29 is 24.1 Å². The van der Waals surface area contributed by atoms with Gasteiger partial charge in [-0.1, -0.05) is 34.9 Å². The van der Waals surface area contributed by atoms with Gasteiger partial charge in [0, 0.05) is 17.1 Å². The molecule has 13 nitrogen and oxygen atoms in total. The third-order valence-electron chi connectivity index (χ3n) is 4.43. The van der Waals surface area contributed by atoms with E-state index in [4.69, 9.17) is 0 Å². The van der Waals surface area contributed by atoms with E-state index in [9.17, 15) is 24.7 Å². The number of aryl methyl sites for hydroxylation is 1. The number of nitrogens with zero attached hydrogens (tertiary/aromatic N) is 7. The van der Waals surface area contributed by atoms with Crippen molar-refractivity contribution in [1.29, 1.82) is 0 Å². The summed E-state index contributed by atoms with van der Waals surface area (Å²) in [6.07, 6.45) is 1.24. The van der Waals surface area contributed by atoms with E-state index in [0.29, 0.717) is 9.91 Å². The number of fused-ring (bicyclic) bond motifs is 1. The highest BCUT2D eigenvalue weighted by Gasteiger charge is 2.65. The second-order valence-corrected chi connectivity index (χ2v) is 9.89. The molecule has 2 aliphatic rings. The topological polar surface area (TPSA) is 176 Å². The molecule has 2 aliphatic heterocycles. The number of carboxylic acid groups (broad SMARTS) is 1. The number of thioether (sulfide) groups is 2. The molecule has 1 saturated heterocycles. The Hall–Kier alpha value is -2.40. The highest BCUT2D eigenvalue weighted by molar-refractivity contribution is 8.01. The van der Waals surface area contributed by atoms with E-state index < -0.39 is 39.5 Å². The van der Waals surface area contributed by atoms with E-state index in [0.717, 1.165) is 16.8 Å². The average Bonchev–Trinajstić information content (AvgIpc) is 3.35. The van der Waals surface area contributed by atoms with Crippen molar-refractivity contribution in [3.8, 4) is 0 Å². The van der Waals surface area contributed by atoms with Crippen LogP contribution in [0.2, 0.25) is 0 Å². The van der Waals surface area contributed by atoms with E-state index >= 15 is 0 Å². The average molecular weight is 471 g/mol. The molecule has 3 atom stereocenters. The predicted molar refractivity (Wildman–Crippen MR) is 105 cm³/mol. The molecule has 0 saturated carbocycles. The Bertz CT molecular complexity index is 1040. The molecule has 1 unspecified atom stereocenters. The third kappa shape index (κ3) is 3.60. The van der Waals surface area contributed by atoms with Gasteiger partial charge < -0.3 is 15.6 Å². The van der Waals surface area contributed by atoms with Gasteiger partial charge >= 0.3 is 11.9 Å². The van der Waals surface area contributed by atoms with Crippen LogP contribution < -0.4 is 5.32 Å². The van der Waals surface area contributed by atoms with E-state index in [1.165, 1.54) is 34.1 Å². The maximum Gasteiger partial charge on any atom is 0.391 e. The van der Waals surface area contributed by atoms with E-state index in [2.05, 4.69) is 31.0 Å². The van der Waals surface area contributed by atoms with Gasteiger partial charge in [-0.3, -0.25) is 4.79 Å². The highest BCUT2D eigenvalue weighted by Crippen LogP contribution is 2.47. The molecule has 0 aliphatic carbocycles. The fourth-order valence-electron chi connectivity index (χ4n) is 3.15. The minimum atomic E-state index is -1.60. The normalized spacial score (nSPS) is 25.6. The lowest BCUT2D eigenvalue weighted by molar-refractivity contribution is -0.805. The summed E-state index contributed by atoms with van der Waals surface area (Å²) in [4.78, 5) is 36.7. The lowest BCUT2D eigenvalue weighted by atomic mass is 10.0. The highest BCUT2D eigenvalue weighted by atomic mass is 32.2. The fourth-order valence-corrected chi connectivity index (χ4v) is 6.51. The smallest absolute Gasteiger partial charge is 0.391 e. The number of hydrogen-bond donors (Lipinski definition) is 2. The number of carbonyl (C=O) groups excluding carboxylic acids is 2. The van der Waals surface area contributed by atoms with Crippen molar-refractivity contribution in [2.45, 2.75) is 29.2 Å². The number of hydroxylamine groups is 3. The van der Waals surface area contributed by atoms with Crippen LogP contribution in [-0.2, 0) is 20.9 Å². The van der Waals surface area contributed by atoms with Crippen molar-refractivity contribution in [2.24, 2.45) is 0 Å². The standard InChI is InChI=1S/C14H14N8O5S3/c1-6-17-18-14(30-6)29-4-7-3-28-12-9(11(24)22(12,27)10(7)13(25)26)16-8(23)2-21-5-15-19-20-21/h5,9,12H,2-4H2,1H3,(H,16,23)(H,25,26)/t9-,12-,22?/m1/s1. The number of rotatable bonds is 7. The Kier molecular flexibility index (Phi) is 5.58. The number of aliphatic carboxylic acids is 1. The number of nitrogens with one attached hydrogen (secondary N) is 1. The summed E-state index contributed by atoms with van der Waals surface area (Å²) < 4.78 is 0.219. The Morgan fingerprint density at radius 3 is 2.90 bits per heavy atom. The molecule has 0 aromatic carbocycles. The van der Waals surface area contributed by atoms with Crippen LogP contribution in [0.25, 0.3) is 0 Å². The predicted octanol–water partition coefficient (Wildman–Crippen LogP) is -0.623. The summed E-state index contributed by atoms with van der Waals surface area (Å²) in [6, 6.07) is -1.08. The largest absolute Gasteiger partial charge is 0.619 e. The lowest BCUT2D eigenvalue weighted by Gasteiger charge is -2.57. The summed E-state index contributed by atoms with van der Waals surface area (Å²) in [5.74, 6) is -2.44. The zero-order chi connectivity index (χ0) is 21.5. The molecule has 2 aromatic heterocycles. The van der Waals surface area contributed by atoms with Crippen LogP contribution in [0.15, 0.2) is 21.9 Å². The van der Waals surface area contributed by atoms with Gasteiger partial charge in [-0.15, -0.1) is 15.3 Å². The zero-order valence-corrected chi connectivity index (χ0v) is 17.7. The van der Waals surface area contributed by atoms with Crippen molar-refractivity contribution in [3.05, 3.63) is 27.8 Å². The summed E-state index contributed by atoms with van der Waals surface area (Å²) >= 11 is 3.78. The summed E-state index contributed by atoms with van der Waals surface area (Å²) in [7, 11) is 0. The van der Waals surface area contributed by atoms with Crippen molar-refractivity contribution in [2.75, 3.05) is 11.5 Å². The molecule has 16 heteroatoms. The first kappa shape index (κ1) is 20.9. The number of carbonyl (C=O) groups is 3. The van der Waals surface area contributed by atoms with Gasteiger partial charge in [0.15, 0.2) is 9.71 Å². The third-order valence-corrected chi connectivity index (χ3v) is 7.91. The second-order valence-electron chi connectivity index (χ2n) is 6.38. The van der Waals surface area contributed by atoms with Gasteiger partial charge in [-0.25, -0.2) is 18.9 Å². The maximum absolute atomic E-state index is 13.3. The molecule has 2 amide bonds. The SMILES string of the molecule is Cc1nnc(SCC2=C(C(=O)O)[N+]3([O-])C(=O)[C@@H](NC(=O)Cn4cnnn4)[C@H]3SC2)s1. The van der Waals surface area contributed by atoms with Crippen molar-refractivity contribution in [1.82, 2.24) is 35.7 Å². The molecular formula is C14H14N8O5S3. The Morgan fingerprint density at radius 1 is 1.47 bits per heavy atom. The number of hydrogen-bond acceptors (Lipinski definition) is 12. The molecule has 0 radical (unpaired) electrons. The van der Waals surface area contributed by atoms with Gasteiger partial charge in [0.05, 0.1) is 0 Å². The van der Waals surface area contributed by atoms with Gasteiger partial charge in [0.2, 0.25) is 17.6 Å². The zero-order valence-electron chi connectivity index (χ0n) is 15.3. The quantitative estimate of drug-likeness (QED) is 0.227. The Labute approximate surface area is 181 Å². The van der Waals surface area contributed by atoms with E-state index in [1.54, 1.807) is 6.92 Å². The molecule has 4 heterocycles. The van der Waals surface area contributed by atoms with Gasteiger partial charge in [0.25, 0.3) is 0 Å². The molecule has 2 aromatic rings. The van der Waals surface area contributed by atoms with Crippen molar-refractivity contribution >= 4 is 52.6 Å². The fraction of sp³-hybridized carbons (Fsp3) is 0.429. The van der Waals surface area contributed by atoms with Crippen molar-refractivity contribution in [3.63, 3.8) is 0 Å². The summed E-state index contributed by atoms with van der Waals surface area (Å²) in [5.41, 5.74) is -0.119. The van der Waals surface area contributed by atoms with Crippen LogP contribution in [0, 0.1) is 12.1 Å². The molecule has 30 heavy (non-hydrogen) atoms. The number of quaternary nitrogens is 1. The maximum atomic E-state index is 13.3. The number of tetrazole rings is 1. The lowest BCUT2D eigenvalue weighted by Crippen LogP contribution is -2.79. The minimum Gasteiger partial charge on any atom is -0.619 e. The molecule has 2 N–H and O–H groups in total. The van der Waals surface area contributed by atoms with Crippen LogP contribution in [0.5, 0.6) is 0 Å². The number of aromatic nitrogens is 6. The van der Waals surface area contributed by atoms with Crippen LogP contribution in [0.1, 0.15) is 5.01 Å². The van der Waals surface area contributed by atoms with Gasteiger partial charge in [-0.2, -0.15) is 0 Å². The molecule has 158 valence electrons. The van der Waals surface area contributed by atoms with Crippen LogP contribution in [0.4, 0.5) is 0 Å². The first-order valence-corrected chi connectivity index (χ1v) is 11.3. The van der Waals surface area contributed by atoms with Crippen LogP contribution >= 0.6 is 34.9 Å². The van der Waals surface area contributed by atoms with E-state index in [1.807, 2.05) is 0 Å². The van der Waals surface area contributed by atoms with Crippen LogP contribution in [-0.4, -0.2) is 80.9 Å². The summed E-state index contributed by atoms with van der Waals surface area (Å²) in [5, 5.41) is 43.5. The second kappa shape index (κ2) is 8.03. The molecule has 1 fully saturated rings. The van der Waals surface area contributed by atoms with Gasteiger partial charge in [-0.05, 0) is 17.4 Å². The molecule has 4 rings (SSSR count). The molecule has 0 bridgehead atoms. The van der Waals surface area contributed by atoms with E-state index in [-0.39, 0.29) is 18.1 Å². The number of carboxylic acids is 1.